The second kappa shape index (κ2) is 3.59. The summed E-state index contributed by atoms with van der Waals surface area (Å²) in [6, 6.07) is -0.110. The van der Waals surface area contributed by atoms with Gasteiger partial charge in [-0.05, 0) is 5.41 Å². The molecule has 0 saturated carbocycles. The van der Waals surface area contributed by atoms with Crippen molar-refractivity contribution in [1.82, 2.24) is 15.2 Å². The van der Waals surface area contributed by atoms with Crippen LogP contribution in [0.15, 0.2) is 0 Å². The van der Waals surface area contributed by atoms with E-state index < -0.39 is 0 Å². The third-order valence-corrected chi connectivity index (χ3v) is 2.40. The third-order valence-electron chi connectivity index (χ3n) is 2.40. The summed E-state index contributed by atoms with van der Waals surface area (Å²) >= 11 is 0. The first-order valence-corrected chi connectivity index (χ1v) is 5.31. The topological polar surface area (TPSA) is 67.6 Å². The summed E-state index contributed by atoms with van der Waals surface area (Å²) in [5, 5.41) is 7.14. The minimum Gasteiger partial charge on any atom is -0.321 e. The van der Waals surface area contributed by atoms with Gasteiger partial charge in [0.25, 0.3) is 0 Å². The van der Waals surface area contributed by atoms with Gasteiger partial charge in [-0.15, -0.1) is 0 Å². The second-order valence-electron chi connectivity index (χ2n) is 6.14. The number of hydrogen-bond acceptors (Lipinski definition) is 3. The number of aromatic amines is 1. The van der Waals surface area contributed by atoms with Crippen molar-refractivity contribution in [3.8, 4) is 0 Å². The normalized spacial score (nSPS) is 15.4. The first-order valence-electron chi connectivity index (χ1n) is 5.31. The summed E-state index contributed by atoms with van der Waals surface area (Å²) in [7, 11) is 0. The molecule has 0 bridgehead atoms. The first-order chi connectivity index (χ1) is 6.62. The lowest BCUT2D eigenvalue weighted by molar-refractivity contribution is 0.315. The van der Waals surface area contributed by atoms with E-state index in [0.717, 1.165) is 11.6 Å². The molecule has 0 aromatic carbocycles. The Balaban J connectivity index is 2.95. The van der Waals surface area contributed by atoms with Crippen molar-refractivity contribution in [1.29, 1.82) is 0 Å². The molecule has 0 aliphatic heterocycles. The summed E-state index contributed by atoms with van der Waals surface area (Å²) in [4.78, 5) is 4.46. The van der Waals surface area contributed by atoms with E-state index in [-0.39, 0.29) is 16.9 Å². The molecule has 3 N–H and O–H groups in total. The lowest BCUT2D eigenvalue weighted by Gasteiger charge is -2.24. The molecule has 0 fully saturated rings. The predicted octanol–water partition coefficient (Wildman–Crippen LogP) is 2.15. The molecule has 1 aromatic rings. The van der Waals surface area contributed by atoms with Crippen LogP contribution in [0, 0.1) is 5.41 Å². The van der Waals surface area contributed by atoms with Gasteiger partial charge in [-0.1, -0.05) is 41.5 Å². The van der Waals surface area contributed by atoms with Crippen LogP contribution in [0.25, 0.3) is 0 Å². The summed E-state index contributed by atoms with van der Waals surface area (Å²) in [5.74, 6) is 1.59. The lowest BCUT2D eigenvalue weighted by atomic mass is 9.87. The molecule has 4 nitrogen and oxygen atoms in total. The number of rotatable bonds is 1. The fourth-order valence-corrected chi connectivity index (χ4v) is 1.16. The van der Waals surface area contributed by atoms with E-state index in [9.17, 15) is 0 Å². The fraction of sp³-hybridized carbons (Fsp3) is 0.818. The zero-order valence-corrected chi connectivity index (χ0v) is 10.5. The van der Waals surface area contributed by atoms with Crippen LogP contribution in [0.2, 0.25) is 0 Å². The van der Waals surface area contributed by atoms with Crippen molar-refractivity contribution < 1.29 is 0 Å². The molecule has 0 spiro atoms. The SMILES string of the molecule is CC(C)(C)c1n[nH]c(C(N)C(C)(C)C)n1. The maximum absolute atomic E-state index is 6.09. The molecule has 1 aromatic heterocycles. The number of nitrogens with one attached hydrogen (secondary N) is 1. The maximum atomic E-state index is 6.09. The van der Waals surface area contributed by atoms with Crippen molar-refractivity contribution in [2.45, 2.75) is 53.0 Å². The molecule has 0 aliphatic rings. The van der Waals surface area contributed by atoms with Gasteiger partial charge >= 0.3 is 0 Å². The minimum atomic E-state index is -0.110. The molecular weight excluding hydrogens is 188 g/mol. The molecule has 15 heavy (non-hydrogen) atoms. The molecule has 0 radical (unpaired) electrons. The van der Waals surface area contributed by atoms with Gasteiger partial charge in [0.05, 0.1) is 6.04 Å². The molecule has 1 unspecified atom stereocenters. The van der Waals surface area contributed by atoms with Gasteiger partial charge in [-0.3, -0.25) is 5.10 Å². The van der Waals surface area contributed by atoms with E-state index in [1.54, 1.807) is 0 Å². The molecule has 1 heterocycles. The second-order valence-corrected chi connectivity index (χ2v) is 6.14. The Morgan fingerprint density at radius 3 is 2.00 bits per heavy atom. The number of nitrogens with zero attached hydrogens (tertiary/aromatic N) is 2. The zero-order chi connectivity index (χ0) is 11.9. The van der Waals surface area contributed by atoms with Crippen molar-refractivity contribution >= 4 is 0 Å². The molecule has 0 amide bonds. The highest BCUT2D eigenvalue weighted by Gasteiger charge is 2.27. The predicted molar refractivity (Wildman–Crippen MR) is 61.5 cm³/mol. The van der Waals surface area contributed by atoms with E-state index in [4.69, 9.17) is 5.73 Å². The number of H-pyrrole nitrogens is 1. The average Bonchev–Trinajstić information content (AvgIpc) is 2.47. The average molecular weight is 210 g/mol. The summed E-state index contributed by atoms with van der Waals surface area (Å²) in [5.41, 5.74) is 6.05. The van der Waals surface area contributed by atoms with E-state index in [1.807, 2.05) is 0 Å². The van der Waals surface area contributed by atoms with Crippen LogP contribution in [0.1, 0.15) is 59.2 Å². The smallest absolute Gasteiger partial charge is 0.156 e. The minimum absolute atomic E-state index is 0.00527. The van der Waals surface area contributed by atoms with Crippen LogP contribution < -0.4 is 5.73 Å². The molecule has 1 atom stereocenters. The highest BCUT2D eigenvalue weighted by Crippen LogP contribution is 2.29. The maximum Gasteiger partial charge on any atom is 0.156 e. The summed E-state index contributed by atoms with van der Waals surface area (Å²) < 4.78 is 0. The van der Waals surface area contributed by atoms with Crippen LogP contribution in [0.5, 0.6) is 0 Å². The molecule has 86 valence electrons. The number of nitrogens with two attached hydrogens (primary N) is 1. The van der Waals surface area contributed by atoms with Crippen molar-refractivity contribution in [3.05, 3.63) is 11.6 Å². The van der Waals surface area contributed by atoms with Gasteiger partial charge in [-0.25, -0.2) is 4.98 Å². The van der Waals surface area contributed by atoms with Crippen molar-refractivity contribution in [2.75, 3.05) is 0 Å². The van der Waals surface area contributed by atoms with Crippen LogP contribution in [0.3, 0.4) is 0 Å². The molecular formula is C11H22N4. The quantitative estimate of drug-likeness (QED) is 0.746. The van der Waals surface area contributed by atoms with Gasteiger partial charge in [0.1, 0.15) is 5.82 Å². The first kappa shape index (κ1) is 12.2. The number of aromatic nitrogens is 3. The zero-order valence-electron chi connectivity index (χ0n) is 10.5. The summed E-state index contributed by atoms with van der Waals surface area (Å²) in [6.45, 7) is 12.5. The van der Waals surface area contributed by atoms with E-state index in [2.05, 4.69) is 56.7 Å². The molecule has 0 aliphatic carbocycles. The molecule has 1 rings (SSSR count). The van der Waals surface area contributed by atoms with E-state index in [0.29, 0.717) is 0 Å². The molecule has 0 saturated heterocycles. The largest absolute Gasteiger partial charge is 0.321 e. The van der Waals surface area contributed by atoms with E-state index >= 15 is 0 Å². The summed E-state index contributed by atoms with van der Waals surface area (Å²) in [6.07, 6.45) is 0. The van der Waals surface area contributed by atoms with Crippen LogP contribution >= 0.6 is 0 Å². The van der Waals surface area contributed by atoms with Gasteiger partial charge in [-0.2, -0.15) is 5.10 Å². The monoisotopic (exact) mass is 210 g/mol. The van der Waals surface area contributed by atoms with Gasteiger partial charge in [0.15, 0.2) is 5.82 Å². The van der Waals surface area contributed by atoms with Crippen molar-refractivity contribution in [2.24, 2.45) is 11.1 Å². The van der Waals surface area contributed by atoms with Crippen LogP contribution in [-0.4, -0.2) is 15.2 Å². The number of hydrogen-bond donors (Lipinski definition) is 2. The Kier molecular flexibility index (Phi) is 2.92. The van der Waals surface area contributed by atoms with Gasteiger partial charge < -0.3 is 5.73 Å². The van der Waals surface area contributed by atoms with Crippen LogP contribution in [0.4, 0.5) is 0 Å². The van der Waals surface area contributed by atoms with Crippen LogP contribution in [-0.2, 0) is 5.41 Å². The lowest BCUT2D eigenvalue weighted by Crippen LogP contribution is -2.27. The van der Waals surface area contributed by atoms with Crippen molar-refractivity contribution in [3.63, 3.8) is 0 Å². The third kappa shape index (κ3) is 2.78. The Morgan fingerprint density at radius 1 is 1.13 bits per heavy atom. The van der Waals surface area contributed by atoms with Gasteiger partial charge in [0.2, 0.25) is 0 Å². The Bertz CT molecular complexity index is 327. The standard InChI is InChI=1S/C11H22N4/c1-10(2,3)7(12)8-13-9(15-14-8)11(4,5)6/h7H,12H2,1-6H3,(H,13,14,15). The van der Waals surface area contributed by atoms with Gasteiger partial charge in [0, 0.05) is 5.41 Å². The Hall–Kier alpha value is -0.900. The highest BCUT2D eigenvalue weighted by molar-refractivity contribution is 5.06. The highest BCUT2D eigenvalue weighted by atomic mass is 15.2. The molecule has 4 heteroatoms. The fourth-order valence-electron chi connectivity index (χ4n) is 1.16. The van der Waals surface area contributed by atoms with E-state index in [1.165, 1.54) is 0 Å². The Labute approximate surface area is 91.7 Å². The Morgan fingerprint density at radius 2 is 1.67 bits per heavy atom.